The van der Waals surface area contributed by atoms with Gasteiger partial charge in [0.1, 0.15) is 0 Å². The van der Waals surface area contributed by atoms with Gasteiger partial charge in [-0.05, 0) is 26.2 Å². The van der Waals surface area contributed by atoms with Gasteiger partial charge in [-0.1, -0.05) is 13.8 Å². The van der Waals surface area contributed by atoms with Crippen LogP contribution in [0.2, 0.25) is 0 Å². The molecule has 2 rings (SSSR count). The summed E-state index contributed by atoms with van der Waals surface area (Å²) in [5.41, 5.74) is 0.188. The molecule has 3 unspecified atom stereocenters. The molecule has 3 atom stereocenters. The van der Waals surface area contributed by atoms with Crippen molar-refractivity contribution in [3.63, 3.8) is 0 Å². The van der Waals surface area contributed by atoms with Gasteiger partial charge in [-0.15, -0.1) is 0 Å². The van der Waals surface area contributed by atoms with E-state index in [0.717, 1.165) is 51.6 Å². The van der Waals surface area contributed by atoms with Crippen LogP contribution in [0.25, 0.3) is 0 Å². The maximum Gasteiger partial charge on any atom is 0.191 e. The van der Waals surface area contributed by atoms with Gasteiger partial charge in [0, 0.05) is 50.8 Å². The molecular formula is C16H31N3O2. The topological polar surface area (TPSA) is 54.9 Å². The Morgan fingerprint density at radius 1 is 1.38 bits per heavy atom. The second-order valence-electron chi connectivity index (χ2n) is 6.59. The van der Waals surface area contributed by atoms with Crippen molar-refractivity contribution in [1.82, 2.24) is 10.6 Å². The van der Waals surface area contributed by atoms with E-state index in [9.17, 15) is 0 Å². The zero-order valence-electron chi connectivity index (χ0n) is 13.9. The first-order valence-electron chi connectivity index (χ1n) is 8.27. The molecule has 2 N–H and O–H groups in total. The van der Waals surface area contributed by atoms with Crippen molar-refractivity contribution in [1.29, 1.82) is 0 Å². The lowest BCUT2D eigenvalue weighted by Crippen LogP contribution is -2.67. The van der Waals surface area contributed by atoms with E-state index in [4.69, 9.17) is 9.47 Å². The number of rotatable bonds is 7. The van der Waals surface area contributed by atoms with Crippen LogP contribution in [0.4, 0.5) is 0 Å². The first-order valence-corrected chi connectivity index (χ1v) is 8.27. The van der Waals surface area contributed by atoms with Gasteiger partial charge in [-0.2, -0.15) is 0 Å². The van der Waals surface area contributed by atoms with Crippen LogP contribution in [0.1, 0.15) is 40.0 Å². The third-order valence-electron chi connectivity index (χ3n) is 4.83. The Hall–Kier alpha value is -0.810. The summed E-state index contributed by atoms with van der Waals surface area (Å²) in [4.78, 5) is 4.35. The fourth-order valence-electron chi connectivity index (χ4n) is 3.64. The first-order chi connectivity index (χ1) is 10.1. The Kier molecular flexibility index (Phi) is 5.88. The van der Waals surface area contributed by atoms with E-state index in [1.807, 2.05) is 14.0 Å². The first kappa shape index (κ1) is 16.6. The molecule has 1 aliphatic carbocycles. The van der Waals surface area contributed by atoms with Crippen LogP contribution in [0, 0.1) is 11.3 Å². The molecule has 1 saturated heterocycles. The summed E-state index contributed by atoms with van der Waals surface area (Å²) in [6, 6.07) is 0.458. The number of hydrogen-bond donors (Lipinski definition) is 2. The zero-order valence-corrected chi connectivity index (χ0v) is 13.9. The summed E-state index contributed by atoms with van der Waals surface area (Å²) in [6.45, 7) is 10.1. The number of aliphatic imine (C=N–C) groups is 1. The van der Waals surface area contributed by atoms with Gasteiger partial charge in [-0.3, -0.25) is 4.99 Å². The molecule has 2 aliphatic rings. The number of guanidine groups is 1. The van der Waals surface area contributed by atoms with Crippen LogP contribution in [0.5, 0.6) is 0 Å². The molecule has 0 bridgehead atoms. The van der Waals surface area contributed by atoms with Gasteiger partial charge in [0.25, 0.3) is 0 Å². The molecule has 0 spiro atoms. The number of nitrogens with one attached hydrogen (secondary N) is 2. The Morgan fingerprint density at radius 3 is 2.90 bits per heavy atom. The second kappa shape index (κ2) is 7.45. The van der Waals surface area contributed by atoms with Crippen LogP contribution in [0.3, 0.4) is 0 Å². The standard InChI is InChI=1S/C16H31N3O2/c1-5-20-10-7-6-9-18-15(17-4)19-13-12-8-11-21-14(12)16(13,2)3/h12-14H,5-11H2,1-4H3,(H2,17,18,19). The van der Waals surface area contributed by atoms with E-state index in [1.54, 1.807) is 0 Å². The normalized spacial score (nSPS) is 30.7. The van der Waals surface area contributed by atoms with E-state index in [2.05, 4.69) is 29.5 Å². The van der Waals surface area contributed by atoms with Crippen molar-refractivity contribution >= 4 is 5.96 Å². The molecule has 0 amide bonds. The Morgan fingerprint density at radius 2 is 2.19 bits per heavy atom. The van der Waals surface area contributed by atoms with Gasteiger partial charge in [0.2, 0.25) is 0 Å². The Labute approximate surface area is 128 Å². The molecule has 0 radical (unpaired) electrons. The second-order valence-corrected chi connectivity index (χ2v) is 6.59. The smallest absolute Gasteiger partial charge is 0.191 e. The van der Waals surface area contributed by atoms with Gasteiger partial charge in [0.15, 0.2) is 5.96 Å². The molecule has 1 aliphatic heterocycles. The monoisotopic (exact) mass is 297 g/mol. The van der Waals surface area contributed by atoms with Crippen LogP contribution in [0.15, 0.2) is 4.99 Å². The zero-order chi connectivity index (χ0) is 15.3. The highest BCUT2D eigenvalue weighted by Crippen LogP contribution is 2.51. The van der Waals surface area contributed by atoms with Crippen molar-refractivity contribution < 1.29 is 9.47 Å². The lowest BCUT2D eigenvalue weighted by molar-refractivity contribution is -0.106. The quantitative estimate of drug-likeness (QED) is 0.427. The van der Waals surface area contributed by atoms with Crippen LogP contribution in [-0.4, -0.2) is 51.5 Å². The predicted molar refractivity (Wildman–Crippen MR) is 85.6 cm³/mol. The average Bonchev–Trinajstić information content (AvgIpc) is 2.92. The number of fused-ring (bicyclic) bond motifs is 1. The molecular weight excluding hydrogens is 266 g/mol. The Balaban J connectivity index is 1.70. The molecule has 1 heterocycles. The summed E-state index contributed by atoms with van der Waals surface area (Å²) in [5, 5.41) is 7.00. The molecule has 122 valence electrons. The van der Waals surface area contributed by atoms with E-state index < -0.39 is 0 Å². The highest BCUT2D eigenvalue weighted by atomic mass is 16.5. The Bertz CT molecular complexity index is 357. The molecule has 1 saturated carbocycles. The molecule has 5 heteroatoms. The van der Waals surface area contributed by atoms with E-state index in [-0.39, 0.29) is 5.41 Å². The SMILES string of the molecule is CCOCCCCNC(=NC)NC1C2CCOC2C1(C)C. The molecule has 5 nitrogen and oxygen atoms in total. The van der Waals surface area contributed by atoms with Crippen LogP contribution in [-0.2, 0) is 9.47 Å². The fraction of sp³-hybridized carbons (Fsp3) is 0.938. The average molecular weight is 297 g/mol. The number of hydrogen-bond acceptors (Lipinski definition) is 3. The third kappa shape index (κ3) is 3.69. The summed E-state index contributed by atoms with van der Waals surface area (Å²) >= 11 is 0. The number of nitrogens with zero attached hydrogens (tertiary/aromatic N) is 1. The maximum absolute atomic E-state index is 5.83. The predicted octanol–water partition coefficient (Wildman–Crippen LogP) is 1.78. The number of unbranched alkanes of at least 4 members (excludes halogenated alkanes) is 1. The molecule has 0 aromatic rings. The highest BCUT2D eigenvalue weighted by Gasteiger charge is 2.59. The molecule has 21 heavy (non-hydrogen) atoms. The van der Waals surface area contributed by atoms with Crippen molar-refractivity contribution in [3.8, 4) is 0 Å². The van der Waals surface area contributed by atoms with Crippen molar-refractivity contribution in [2.45, 2.75) is 52.2 Å². The minimum Gasteiger partial charge on any atom is -0.382 e. The van der Waals surface area contributed by atoms with Crippen molar-refractivity contribution in [2.75, 3.05) is 33.4 Å². The minimum atomic E-state index is 0.188. The number of ether oxygens (including phenoxy) is 2. The minimum absolute atomic E-state index is 0.188. The highest BCUT2D eigenvalue weighted by molar-refractivity contribution is 5.80. The maximum atomic E-state index is 5.83. The van der Waals surface area contributed by atoms with Crippen molar-refractivity contribution in [2.24, 2.45) is 16.3 Å². The molecule has 0 aromatic heterocycles. The van der Waals surface area contributed by atoms with Gasteiger partial charge >= 0.3 is 0 Å². The summed E-state index contributed by atoms with van der Waals surface area (Å²) < 4.78 is 11.2. The van der Waals surface area contributed by atoms with E-state index in [1.165, 1.54) is 0 Å². The summed E-state index contributed by atoms with van der Waals surface area (Å²) in [5.74, 6) is 1.55. The van der Waals surface area contributed by atoms with Crippen molar-refractivity contribution in [3.05, 3.63) is 0 Å². The lowest BCUT2D eigenvalue weighted by Gasteiger charge is -2.54. The molecule has 2 fully saturated rings. The van der Waals surface area contributed by atoms with E-state index in [0.29, 0.717) is 18.1 Å². The largest absolute Gasteiger partial charge is 0.382 e. The lowest BCUT2D eigenvalue weighted by atomic mass is 9.57. The van der Waals surface area contributed by atoms with Gasteiger partial charge in [0.05, 0.1) is 6.10 Å². The fourth-order valence-corrected chi connectivity index (χ4v) is 3.64. The van der Waals surface area contributed by atoms with Gasteiger partial charge in [-0.25, -0.2) is 0 Å². The van der Waals surface area contributed by atoms with Crippen LogP contribution >= 0.6 is 0 Å². The van der Waals surface area contributed by atoms with Crippen LogP contribution < -0.4 is 10.6 Å². The molecule has 0 aromatic carbocycles. The summed E-state index contributed by atoms with van der Waals surface area (Å²) in [6.07, 6.45) is 3.77. The van der Waals surface area contributed by atoms with E-state index >= 15 is 0 Å². The van der Waals surface area contributed by atoms with Gasteiger partial charge < -0.3 is 20.1 Å². The summed E-state index contributed by atoms with van der Waals surface area (Å²) in [7, 11) is 1.84. The third-order valence-corrected chi connectivity index (χ3v) is 4.83.